The van der Waals surface area contributed by atoms with E-state index in [-0.39, 0.29) is 11.7 Å². The van der Waals surface area contributed by atoms with Gasteiger partial charge >= 0.3 is 6.18 Å². The number of fused-ring (bicyclic) bond motifs is 1. The number of aromatic amines is 1. The molecule has 0 spiro atoms. The second-order valence-electron chi connectivity index (χ2n) is 9.80. The Morgan fingerprint density at radius 1 is 1.22 bits per heavy atom. The van der Waals surface area contributed by atoms with E-state index < -0.39 is 11.9 Å². The Morgan fingerprint density at radius 2 is 1.94 bits per heavy atom. The van der Waals surface area contributed by atoms with Gasteiger partial charge in [-0.3, -0.25) is 4.98 Å². The fraction of sp³-hybridized carbons (Fsp3) is 0.423. The van der Waals surface area contributed by atoms with E-state index in [9.17, 15) is 13.2 Å². The number of rotatable bonds is 5. The summed E-state index contributed by atoms with van der Waals surface area (Å²) in [6, 6.07) is 2.95. The molecule has 1 saturated heterocycles. The highest BCUT2D eigenvalue weighted by Gasteiger charge is 2.34. The molecule has 1 aliphatic heterocycles. The molecule has 0 atom stereocenters. The number of alkyl halides is 3. The zero-order valence-corrected chi connectivity index (χ0v) is 20.4. The second-order valence-corrected chi connectivity index (χ2v) is 9.80. The number of aliphatic imine (C=N–C) groups is 1. The molecule has 0 radical (unpaired) electrons. The Bertz CT molecular complexity index is 1310. The predicted molar refractivity (Wildman–Crippen MR) is 136 cm³/mol. The van der Waals surface area contributed by atoms with E-state index in [0.717, 1.165) is 56.0 Å². The van der Waals surface area contributed by atoms with Crippen LogP contribution in [0.1, 0.15) is 54.0 Å². The van der Waals surface area contributed by atoms with Crippen molar-refractivity contribution in [1.29, 1.82) is 0 Å². The van der Waals surface area contributed by atoms with Crippen molar-refractivity contribution in [1.82, 2.24) is 24.8 Å². The molecule has 10 heteroatoms. The Kier molecular flexibility index (Phi) is 6.23. The number of hydrogen-bond acceptors (Lipinski definition) is 5. The quantitative estimate of drug-likeness (QED) is 0.388. The van der Waals surface area contributed by atoms with Crippen LogP contribution >= 0.6 is 0 Å². The van der Waals surface area contributed by atoms with E-state index >= 15 is 0 Å². The summed E-state index contributed by atoms with van der Waals surface area (Å²) in [4.78, 5) is 20.2. The number of amidine groups is 1. The van der Waals surface area contributed by atoms with Crippen LogP contribution in [0.15, 0.2) is 42.3 Å². The zero-order chi connectivity index (χ0) is 25.6. The average molecular weight is 498 g/mol. The molecule has 1 saturated carbocycles. The monoisotopic (exact) mass is 497 g/mol. The maximum absolute atomic E-state index is 13.4. The molecule has 2 aliphatic rings. The van der Waals surface area contributed by atoms with Crippen LogP contribution in [0.25, 0.3) is 16.7 Å². The first kappa shape index (κ1) is 24.3. The predicted octanol–water partition coefficient (Wildman–Crippen LogP) is 4.88. The van der Waals surface area contributed by atoms with Crippen molar-refractivity contribution in [2.45, 2.75) is 43.8 Å². The summed E-state index contributed by atoms with van der Waals surface area (Å²) >= 11 is 0. The largest absolute Gasteiger partial charge is 0.431 e. The van der Waals surface area contributed by atoms with Crippen molar-refractivity contribution in [3.05, 3.63) is 59.7 Å². The fourth-order valence-electron chi connectivity index (χ4n) is 4.94. The molecule has 3 aromatic rings. The average Bonchev–Trinajstić information content (AvgIpc) is 3.58. The maximum Gasteiger partial charge on any atom is 0.431 e. The van der Waals surface area contributed by atoms with Gasteiger partial charge in [0.1, 0.15) is 17.2 Å². The molecule has 7 nitrogen and oxygen atoms in total. The van der Waals surface area contributed by atoms with Crippen LogP contribution in [0.2, 0.25) is 0 Å². The lowest BCUT2D eigenvalue weighted by Gasteiger charge is -2.37. The molecule has 0 amide bonds. The van der Waals surface area contributed by atoms with Gasteiger partial charge in [-0.2, -0.15) is 13.2 Å². The van der Waals surface area contributed by atoms with Crippen molar-refractivity contribution in [2.24, 2.45) is 4.99 Å². The van der Waals surface area contributed by atoms with Gasteiger partial charge in [0.2, 0.25) is 0 Å². The Balaban J connectivity index is 1.61. The lowest BCUT2D eigenvalue weighted by atomic mass is 9.99. The summed E-state index contributed by atoms with van der Waals surface area (Å²) in [5.41, 5.74) is 9.04. The third kappa shape index (κ3) is 4.69. The molecule has 190 valence electrons. The van der Waals surface area contributed by atoms with E-state index in [2.05, 4.69) is 38.4 Å². The van der Waals surface area contributed by atoms with E-state index in [1.54, 1.807) is 12.3 Å². The number of nitrogens with two attached hydrogens (primary N) is 1. The van der Waals surface area contributed by atoms with Gasteiger partial charge in [-0.05, 0) is 69.4 Å². The molecular weight excluding hydrogens is 467 g/mol. The van der Waals surface area contributed by atoms with Crippen molar-refractivity contribution >= 4 is 28.3 Å². The first-order chi connectivity index (χ1) is 17.1. The number of halogens is 3. The minimum Gasteiger partial charge on any atom is -0.397 e. The highest BCUT2D eigenvalue weighted by molar-refractivity contribution is 6.07. The van der Waals surface area contributed by atoms with Crippen molar-refractivity contribution in [3.63, 3.8) is 0 Å². The number of anilines is 1. The van der Waals surface area contributed by atoms with Gasteiger partial charge in [0.05, 0.1) is 17.6 Å². The minimum atomic E-state index is -4.51. The zero-order valence-electron chi connectivity index (χ0n) is 20.4. The molecular formula is C26H30F3N7. The molecule has 0 bridgehead atoms. The molecule has 3 aromatic heterocycles. The Hall–Kier alpha value is -3.40. The summed E-state index contributed by atoms with van der Waals surface area (Å²) in [7, 11) is 4.12. The number of aromatic nitrogens is 3. The molecule has 2 fully saturated rings. The topological polar surface area (TPSA) is 86.4 Å². The van der Waals surface area contributed by atoms with Gasteiger partial charge in [-0.25, -0.2) is 9.98 Å². The van der Waals surface area contributed by atoms with Gasteiger partial charge in [-0.1, -0.05) is 6.58 Å². The number of nitrogens with one attached hydrogen (secondary N) is 1. The standard InChI is InChI=1S/C26H30F3N7/c1-15(18-6-9-32-24-19(18)12-22(34-24)26(27,28)29)33-25(36(3)17-7-10-35(2)11-8-17)23-20(16-4-5-16)13-31-14-21(23)30/h6,9,12-14,16-17H,1,4-5,7-8,10-11,30H2,2-3H3,(H,32,34)/b33-25+. The summed E-state index contributed by atoms with van der Waals surface area (Å²) < 4.78 is 40.1. The van der Waals surface area contributed by atoms with E-state index in [1.165, 1.54) is 6.20 Å². The minimum absolute atomic E-state index is 0.142. The van der Waals surface area contributed by atoms with Crippen molar-refractivity contribution in [3.8, 4) is 0 Å². The fourth-order valence-corrected chi connectivity index (χ4v) is 4.94. The number of H-pyrrole nitrogens is 1. The van der Waals surface area contributed by atoms with Crippen LogP contribution in [0.5, 0.6) is 0 Å². The van der Waals surface area contributed by atoms with Gasteiger partial charge in [0.25, 0.3) is 0 Å². The SMILES string of the molecule is C=C(/N=C(\c1c(N)cncc1C1CC1)N(C)C1CCN(C)CC1)c1ccnc2[nH]c(C(F)(F)F)cc12. The smallest absolute Gasteiger partial charge is 0.397 e. The van der Waals surface area contributed by atoms with Crippen LogP contribution in [-0.4, -0.2) is 63.8 Å². The summed E-state index contributed by atoms with van der Waals surface area (Å²) in [5, 5.41) is 0.324. The third-order valence-corrected chi connectivity index (χ3v) is 7.20. The van der Waals surface area contributed by atoms with E-state index in [1.807, 2.05) is 13.2 Å². The number of pyridine rings is 2. The summed E-state index contributed by atoms with van der Waals surface area (Å²) in [6.45, 7) is 6.11. The maximum atomic E-state index is 13.4. The van der Waals surface area contributed by atoms with Crippen LogP contribution in [0.3, 0.4) is 0 Å². The van der Waals surface area contributed by atoms with E-state index in [0.29, 0.717) is 34.1 Å². The molecule has 0 unspecified atom stereocenters. The highest BCUT2D eigenvalue weighted by Crippen LogP contribution is 2.43. The van der Waals surface area contributed by atoms with Crippen LogP contribution < -0.4 is 5.73 Å². The number of piperidine rings is 1. The van der Waals surface area contributed by atoms with Crippen molar-refractivity contribution < 1.29 is 13.2 Å². The lowest BCUT2D eigenvalue weighted by Crippen LogP contribution is -2.45. The first-order valence-corrected chi connectivity index (χ1v) is 12.1. The lowest BCUT2D eigenvalue weighted by molar-refractivity contribution is -0.140. The Labute approximate surface area is 207 Å². The van der Waals surface area contributed by atoms with Crippen LogP contribution in [0.4, 0.5) is 18.9 Å². The van der Waals surface area contributed by atoms with Gasteiger partial charge in [-0.15, -0.1) is 0 Å². The summed E-state index contributed by atoms with van der Waals surface area (Å²) in [6.07, 6.45) is 4.52. The number of likely N-dealkylation sites (tertiary alicyclic amines) is 1. The molecule has 36 heavy (non-hydrogen) atoms. The Morgan fingerprint density at radius 3 is 2.61 bits per heavy atom. The van der Waals surface area contributed by atoms with Gasteiger partial charge in [0, 0.05) is 42.0 Å². The normalized spacial score (nSPS) is 18.1. The molecule has 1 aliphatic carbocycles. The molecule has 5 rings (SSSR count). The van der Waals surface area contributed by atoms with Crippen LogP contribution in [0, 0.1) is 0 Å². The third-order valence-electron chi connectivity index (χ3n) is 7.20. The van der Waals surface area contributed by atoms with Crippen molar-refractivity contribution in [2.75, 3.05) is 32.9 Å². The second kappa shape index (κ2) is 9.24. The summed E-state index contributed by atoms with van der Waals surface area (Å²) in [5.74, 6) is 1.06. The number of nitrogen functional groups attached to an aromatic ring is 1. The number of hydrogen-bond donors (Lipinski definition) is 2. The molecule has 4 heterocycles. The van der Waals surface area contributed by atoms with Crippen LogP contribution in [-0.2, 0) is 6.18 Å². The van der Waals surface area contributed by atoms with Gasteiger partial charge < -0.3 is 20.5 Å². The van der Waals surface area contributed by atoms with E-state index in [4.69, 9.17) is 10.7 Å². The number of nitrogens with zero attached hydrogens (tertiary/aromatic N) is 5. The first-order valence-electron chi connectivity index (χ1n) is 12.1. The molecule has 3 N–H and O–H groups in total. The van der Waals surface area contributed by atoms with Gasteiger partial charge in [0.15, 0.2) is 0 Å². The highest BCUT2D eigenvalue weighted by atomic mass is 19.4. The molecule has 0 aromatic carbocycles.